The van der Waals surface area contributed by atoms with Gasteiger partial charge in [-0.2, -0.15) is 0 Å². The smallest absolute Gasteiger partial charge is 0.273 e. The summed E-state index contributed by atoms with van der Waals surface area (Å²) < 4.78 is 38.0. The van der Waals surface area contributed by atoms with Crippen LogP contribution in [0, 0.1) is 17.6 Å². The van der Waals surface area contributed by atoms with Gasteiger partial charge in [0, 0.05) is 50.0 Å². The molecule has 2 fully saturated rings. The predicted octanol–water partition coefficient (Wildman–Crippen LogP) is 3.91. The number of likely N-dealkylation sites (tertiary alicyclic amines) is 1. The summed E-state index contributed by atoms with van der Waals surface area (Å²) >= 11 is 0. The van der Waals surface area contributed by atoms with Crippen LogP contribution in [0.3, 0.4) is 0 Å². The van der Waals surface area contributed by atoms with Crippen molar-refractivity contribution < 1.29 is 27.6 Å². The summed E-state index contributed by atoms with van der Waals surface area (Å²) in [7, 11) is 0. The average Bonchev–Trinajstić information content (AvgIpc) is 3.38. The van der Waals surface area contributed by atoms with Crippen LogP contribution in [0.2, 0.25) is 0 Å². The number of nitrogens with zero attached hydrogens (tertiary/aromatic N) is 2. The fourth-order valence-electron chi connectivity index (χ4n) is 5.32. The standard InChI is InChI=1S/C27H36F2N4O4/c1-3-36-16-17(2)30-26(34)21-15-33(19-7-5-4-6-8-19)12-11-23(21)31-27(35)24-14-25(37-32-24)20-10-9-18(28)13-22(20)29/h9-10,13-14,17,19,21,23H,3-8,11-12,15-16H2,1-2H3,(H,30,34)(H,31,35)/t17-,21-,23-/m0/s1. The van der Waals surface area contributed by atoms with E-state index < -0.39 is 29.5 Å². The molecule has 1 aliphatic heterocycles. The van der Waals surface area contributed by atoms with Crippen LogP contribution in [0.25, 0.3) is 11.3 Å². The van der Waals surface area contributed by atoms with Crippen LogP contribution in [0.4, 0.5) is 8.78 Å². The van der Waals surface area contributed by atoms with Gasteiger partial charge in [-0.05, 0) is 45.2 Å². The molecule has 2 aromatic rings. The molecule has 2 N–H and O–H groups in total. The van der Waals surface area contributed by atoms with Crippen LogP contribution in [0.5, 0.6) is 0 Å². The molecule has 4 rings (SSSR count). The maximum Gasteiger partial charge on any atom is 0.273 e. The molecule has 0 bridgehead atoms. The largest absolute Gasteiger partial charge is 0.380 e. The number of rotatable bonds is 9. The lowest BCUT2D eigenvalue weighted by Crippen LogP contribution is -2.58. The molecule has 10 heteroatoms. The van der Waals surface area contributed by atoms with Gasteiger partial charge in [-0.15, -0.1) is 0 Å². The van der Waals surface area contributed by atoms with Gasteiger partial charge in [0.2, 0.25) is 5.91 Å². The minimum atomic E-state index is -0.809. The summed E-state index contributed by atoms with van der Waals surface area (Å²) in [4.78, 5) is 28.8. The molecule has 202 valence electrons. The Kier molecular flexibility index (Phi) is 9.26. The zero-order chi connectivity index (χ0) is 26.4. The number of nitrogens with one attached hydrogen (secondary N) is 2. The van der Waals surface area contributed by atoms with E-state index in [0.29, 0.717) is 32.2 Å². The maximum atomic E-state index is 14.1. The van der Waals surface area contributed by atoms with E-state index in [9.17, 15) is 18.4 Å². The Bertz CT molecular complexity index is 1070. The Balaban J connectivity index is 1.46. The molecule has 1 saturated heterocycles. The molecule has 0 spiro atoms. The van der Waals surface area contributed by atoms with E-state index in [2.05, 4.69) is 20.7 Å². The minimum absolute atomic E-state index is 0.00859. The van der Waals surface area contributed by atoms with Gasteiger partial charge in [-0.25, -0.2) is 8.78 Å². The molecule has 8 nitrogen and oxygen atoms in total. The van der Waals surface area contributed by atoms with E-state index in [-0.39, 0.29) is 29.0 Å². The first-order valence-corrected chi connectivity index (χ1v) is 13.2. The number of carbonyl (C=O) groups excluding carboxylic acids is 2. The van der Waals surface area contributed by atoms with Crippen LogP contribution in [0.1, 0.15) is 62.9 Å². The van der Waals surface area contributed by atoms with E-state index in [1.165, 1.54) is 31.4 Å². The van der Waals surface area contributed by atoms with Crippen molar-refractivity contribution in [2.24, 2.45) is 5.92 Å². The lowest BCUT2D eigenvalue weighted by molar-refractivity contribution is -0.129. The maximum absolute atomic E-state index is 14.1. The zero-order valence-electron chi connectivity index (χ0n) is 21.5. The van der Waals surface area contributed by atoms with Crippen LogP contribution in [-0.2, 0) is 9.53 Å². The molecule has 1 saturated carbocycles. The zero-order valence-corrected chi connectivity index (χ0v) is 21.5. The molecule has 0 unspecified atom stereocenters. The van der Waals surface area contributed by atoms with Gasteiger partial charge in [0.05, 0.1) is 18.1 Å². The molecule has 37 heavy (non-hydrogen) atoms. The van der Waals surface area contributed by atoms with E-state index in [1.807, 2.05) is 13.8 Å². The molecular formula is C27H36F2N4O4. The molecule has 2 heterocycles. The lowest BCUT2D eigenvalue weighted by atomic mass is 9.86. The monoisotopic (exact) mass is 518 g/mol. The van der Waals surface area contributed by atoms with Gasteiger partial charge in [0.25, 0.3) is 5.91 Å². The first kappa shape index (κ1) is 27.2. The molecule has 3 atom stereocenters. The third-order valence-corrected chi connectivity index (χ3v) is 7.29. The van der Waals surface area contributed by atoms with Crippen LogP contribution in [-0.4, -0.2) is 66.3 Å². The number of carbonyl (C=O) groups is 2. The fourth-order valence-corrected chi connectivity index (χ4v) is 5.32. The Labute approximate surface area is 216 Å². The molecule has 2 aliphatic rings. The number of aromatic nitrogens is 1. The molecule has 1 aromatic carbocycles. The Morgan fingerprint density at radius 1 is 1.19 bits per heavy atom. The Morgan fingerprint density at radius 2 is 1.97 bits per heavy atom. The van der Waals surface area contributed by atoms with Crippen LogP contribution >= 0.6 is 0 Å². The molecule has 0 radical (unpaired) electrons. The third-order valence-electron chi connectivity index (χ3n) is 7.29. The van der Waals surface area contributed by atoms with Crippen molar-refractivity contribution in [2.45, 2.75) is 70.5 Å². The van der Waals surface area contributed by atoms with Crippen molar-refractivity contribution >= 4 is 11.8 Å². The third kappa shape index (κ3) is 6.93. The van der Waals surface area contributed by atoms with Crippen LogP contribution < -0.4 is 10.6 Å². The van der Waals surface area contributed by atoms with E-state index in [4.69, 9.17) is 9.26 Å². The van der Waals surface area contributed by atoms with Gasteiger partial charge in [-0.1, -0.05) is 24.4 Å². The highest BCUT2D eigenvalue weighted by Gasteiger charge is 2.38. The summed E-state index contributed by atoms with van der Waals surface area (Å²) in [5.41, 5.74) is -0.0217. The van der Waals surface area contributed by atoms with Gasteiger partial charge >= 0.3 is 0 Å². The second-order valence-electron chi connectivity index (χ2n) is 10.0. The minimum Gasteiger partial charge on any atom is -0.380 e. The number of ether oxygens (including phenoxy) is 1. The Hall–Kier alpha value is -2.85. The second kappa shape index (κ2) is 12.6. The lowest BCUT2D eigenvalue weighted by Gasteiger charge is -2.43. The summed E-state index contributed by atoms with van der Waals surface area (Å²) in [6, 6.07) is 4.32. The van der Waals surface area contributed by atoms with Gasteiger partial charge in [-0.3, -0.25) is 14.5 Å². The molecule has 1 aliphatic carbocycles. The second-order valence-corrected chi connectivity index (χ2v) is 10.0. The quantitative estimate of drug-likeness (QED) is 0.523. The van der Waals surface area contributed by atoms with Crippen molar-refractivity contribution in [1.82, 2.24) is 20.7 Å². The first-order chi connectivity index (χ1) is 17.9. The first-order valence-electron chi connectivity index (χ1n) is 13.2. The van der Waals surface area contributed by atoms with Gasteiger partial charge in [0.15, 0.2) is 11.5 Å². The summed E-state index contributed by atoms with van der Waals surface area (Å²) in [5, 5.41) is 9.79. The highest BCUT2D eigenvalue weighted by atomic mass is 19.1. The highest BCUT2D eigenvalue weighted by molar-refractivity contribution is 5.94. The van der Waals surface area contributed by atoms with E-state index >= 15 is 0 Å². The average molecular weight is 519 g/mol. The normalized spacial score (nSPS) is 21.9. The van der Waals surface area contributed by atoms with Crippen LogP contribution in [0.15, 0.2) is 28.8 Å². The summed E-state index contributed by atoms with van der Waals surface area (Å²) in [6.45, 7) is 6.14. The van der Waals surface area contributed by atoms with Crippen molar-refractivity contribution in [3.05, 3.63) is 41.6 Å². The van der Waals surface area contributed by atoms with Crippen molar-refractivity contribution in [1.29, 1.82) is 0 Å². The van der Waals surface area contributed by atoms with Crippen molar-refractivity contribution in [2.75, 3.05) is 26.3 Å². The number of amides is 2. The van der Waals surface area contributed by atoms with Crippen molar-refractivity contribution in [3.8, 4) is 11.3 Å². The number of benzene rings is 1. The topological polar surface area (TPSA) is 96.7 Å². The molecule has 1 aromatic heterocycles. The Morgan fingerprint density at radius 3 is 2.70 bits per heavy atom. The SMILES string of the molecule is CCOC[C@H](C)NC(=O)[C@H]1CN(C2CCCCC2)CC[C@@H]1NC(=O)c1cc(-c2ccc(F)cc2F)on1. The van der Waals surface area contributed by atoms with Gasteiger partial charge < -0.3 is 19.9 Å². The molecule has 2 amide bonds. The number of piperidine rings is 1. The van der Waals surface area contributed by atoms with Crippen molar-refractivity contribution in [3.63, 3.8) is 0 Å². The number of hydrogen-bond acceptors (Lipinski definition) is 6. The predicted molar refractivity (Wildman–Crippen MR) is 134 cm³/mol. The molecular weight excluding hydrogens is 482 g/mol. The number of halogens is 2. The van der Waals surface area contributed by atoms with Gasteiger partial charge in [0.1, 0.15) is 11.6 Å². The van der Waals surface area contributed by atoms with E-state index in [1.54, 1.807) is 0 Å². The highest BCUT2D eigenvalue weighted by Crippen LogP contribution is 2.28. The van der Waals surface area contributed by atoms with E-state index in [0.717, 1.165) is 31.5 Å². The fraction of sp³-hybridized carbons (Fsp3) is 0.593. The number of hydrogen-bond donors (Lipinski definition) is 2. The summed E-state index contributed by atoms with van der Waals surface area (Å²) in [5.74, 6) is -2.56. The summed E-state index contributed by atoms with van der Waals surface area (Å²) in [6.07, 6.45) is 6.54.